The summed E-state index contributed by atoms with van der Waals surface area (Å²) in [7, 11) is -4.16. The second kappa shape index (κ2) is 9.71. The van der Waals surface area contributed by atoms with Gasteiger partial charge < -0.3 is 14.6 Å². The minimum Gasteiger partial charge on any atom is -0.489 e. The minimum absolute atomic E-state index is 0.0943. The molecule has 31 heavy (non-hydrogen) atoms. The van der Waals surface area contributed by atoms with Crippen molar-refractivity contribution in [3.63, 3.8) is 0 Å². The van der Waals surface area contributed by atoms with Crippen LogP contribution in [0.5, 0.6) is 5.75 Å². The van der Waals surface area contributed by atoms with Crippen LogP contribution in [0.15, 0.2) is 53.4 Å². The minimum atomic E-state index is -4.16. The zero-order chi connectivity index (χ0) is 22.6. The molecule has 0 saturated carbocycles. The third kappa shape index (κ3) is 5.20. The molecular weight excluding hydrogens is 431 g/mol. The number of benzene rings is 2. The summed E-state index contributed by atoms with van der Waals surface area (Å²) < 4.78 is 51.3. The Kier molecular flexibility index (Phi) is 7.23. The van der Waals surface area contributed by atoms with E-state index in [4.69, 9.17) is 14.7 Å². The molecule has 0 aliphatic carbocycles. The fraction of sp³-hybridized carbons (Fsp3) is 0.350. The van der Waals surface area contributed by atoms with Crippen LogP contribution in [0, 0.1) is 5.82 Å². The summed E-state index contributed by atoms with van der Waals surface area (Å²) in [5.41, 5.74) is 2.21. The zero-order valence-corrected chi connectivity index (χ0v) is 17.5. The molecule has 1 heterocycles. The summed E-state index contributed by atoms with van der Waals surface area (Å²) in [6.07, 6.45) is -1.71. The number of nitrogens with one attached hydrogen (secondary N) is 1. The van der Waals surface area contributed by atoms with Crippen LogP contribution in [-0.4, -0.2) is 60.3 Å². The SMILES string of the molecule is C[C@@H]1O[C@@H](CO)CN(S(=O)(=O)c2ccc(OCc3ccc(F)cc3)cc2)[C@H]1C(=O)NO. The van der Waals surface area contributed by atoms with E-state index in [9.17, 15) is 22.7 Å². The van der Waals surface area contributed by atoms with E-state index >= 15 is 0 Å². The van der Waals surface area contributed by atoms with Crippen molar-refractivity contribution >= 4 is 15.9 Å². The molecule has 1 aliphatic rings. The molecule has 3 atom stereocenters. The number of morpholine rings is 1. The van der Waals surface area contributed by atoms with Gasteiger partial charge in [0.15, 0.2) is 0 Å². The quantitative estimate of drug-likeness (QED) is 0.422. The van der Waals surface area contributed by atoms with Gasteiger partial charge in [-0.15, -0.1) is 0 Å². The van der Waals surface area contributed by atoms with Crippen molar-refractivity contribution in [2.45, 2.75) is 36.7 Å². The molecule has 0 bridgehead atoms. The number of amides is 1. The Morgan fingerprint density at radius 1 is 1.23 bits per heavy atom. The molecule has 1 fully saturated rings. The van der Waals surface area contributed by atoms with Gasteiger partial charge in [-0.05, 0) is 48.9 Å². The predicted octanol–water partition coefficient (Wildman–Crippen LogP) is 1.05. The number of sulfonamides is 1. The van der Waals surface area contributed by atoms with E-state index in [1.807, 2.05) is 0 Å². The number of hydrogen-bond acceptors (Lipinski definition) is 7. The summed E-state index contributed by atoms with van der Waals surface area (Å²) in [6.45, 7) is 0.963. The molecule has 2 aromatic rings. The number of carbonyl (C=O) groups is 1. The monoisotopic (exact) mass is 454 g/mol. The number of halogens is 1. The highest BCUT2D eigenvalue weighted by Gasteiger charge is 2.45. The number of aliphatic hydroxyl groups excluding tert-OH is 1. The number of hydrogen-bond donors (Lipinski definition) is 3. The Hall–Kier alpha value is -2.57. The largest absolute Gasteiger partial charge is 0.489 e. The number of hydroxylamine groups is 1. The molecule has 3 rings (SSSR count). The van der Waals surface area contributed by atoms with Gasteiger partial charge in [0.05, 0.1) is 23.7 Å². The lowest BCUT2D eigenvalue weighted by molar-refractivity contribution is -0.151. The molecule has 3 N–H and O–H groups in total. The molecule has 1 aliphatic heterocycles. The third-order valence-electron chi connectivity index (χ3n) is 4.88. The summed E-state index contributed by atoms with van der Waals surface area (Å²) in [4.78, 5) is 12.0. The van der Waals surface area contributed by atoms with Crippen molar-refractivity contribution in [2.24, 2.45) is 0 Å². The van der Waals surface area contributed by atoms with E-state index in [2.05, 4.69) is 0 Å². The molecule has 2 aromatic carbocycles. The summed E-state index contributed by atoms with van der Waals surface area (Å²) in [5.74, 6) is -0.893. The molecule has 0 radical (unpaired) electrons. The number of aliphatic hydroxyl groups is 1. The first-order valence-corrected chi connectivity index (χ1v) is 10.9. The van der Waals surface area contributed by atoms with Gasteiger partial charge in [0, 0.05) is 6.54 Å². The third-order valence-corrected chi connectivity index (χ3v) is 6.74. The first-order chi connectivity index (χ1) is 14.8. The molecule has 0 aromatic heterocycles. The van der Waals surface area contributed by atoms with Crippen LogP contribution in [0.25, 0.3) is 0 Å². The number of nitrogens with zero attached hydrogens (tertiary/aromatic N) is 1. The number of ether oxygens (including phenoxy) is 2. The average Bonchev–Trinajstić information content (AvgIpc) is 2.77. The van der Waals surface area contributed by atoms with Gasteiger partial charge >= 0.3 is 0 Å². The molecular formula is C20H23FN2O7S. The van der Waals surface area contributed by atoms with E-state index in [0.717, 1.165) is 9.87 Å². The summed E-state index contributed by atoms with van der Waals surface area (Å²) in [5, 5.41) is 18.4. The first kappa shape index (κ1) is 23.1. The van der Waals surface area contributed by atoms with Gasteiger partial charge in [-0.1, -0.05) is 12.1 Å². The predicted molar refractivity (Wildman–Crippen MR) is 106 cm³/mol. The molecule has 9 nitrogen and oxygen atoms in total. The van der Waals surface area contributed by atoms with E-state index in [1.165, 1.54) is 48.8 Å². The van der Waals surface area contributed by atoms with E-state index < -0.39 is 40.8 Å². The molecule has 1 saturated heterocycles. The summed E-state index contributed by atoms with van der Waals surface area (Å²) >= 11 is 0. The van der Waals surface area contributed by atoms with Crippen molar-refractivity contribution in [3.8, 4) is 5.75 Å². The smallest absolute Gasteiger partial charge is 0.264 e. The fourth-order valence-electron chi connectivity index (χ4n) is 3.32. The van der Waals surface area contributed by atoms with Crippen molar-refractivity contribution in [1.82, 2.24) is 9.79 Å². The maximum absolute atomic E-state index is 13.2. The summed E-state index contributed by atoms with van der Waals surface area (Å²) in [6, 6.07) is 10.1. The van der Waals surface area contributed by atoms with Crippen molar-refractivity contribution in [1.29, 1.82) is 0 Å². The van der Waals surface area contributed by atoms with Gasteiger partial charge in [-0.3, -0.25) is 10.0 Å². The van der Waals surface area contributed by atoms with Crippen molar-refractivity contribution in [2.75, 3.05) is 13.2 Å². The van der Waals surface area contributed by atoms with Gasteiger partial charge in [0.1, 0.15) is 24.2 Å². The number of rotatable bonds is 7. The highest BCUT2D eigenvalue weighted by molar-refractivity contribution is 7.89. The van der Waals surface area contributed by atoms with Gasteiger partial charge in [0.25, 0.3) is 5.91 Å². The Balaban J connectivity index is 1.79. The van der Waals surface area contributed by atoms with Gasteiger partial charge in [-0.2, -0.15) is 4.31 Å². The lowest BCUT2D eigenvalue weighted by Gasteiger charge is -2.40. The van der Waals surface area contributed by atoms with E-state index in [0.29, 0.717) is 5.75 Å². The highest BCUT2D eigenvalue weighted by Crippen LogP contribution is 2.27. The van der Waals surface area contributed by atoms with E-state index in [1.54, 1.807) is 12.1 Å². The van der Waals surface area contributed by atoms with Crippen LogP contribution >= 0.6 is 0 Å². The first-order valence-electron chi connectivity index (χ1n) is 9.45. The maximum atomic E-state index is 13.2. The molecule has 11 heteroatoms. The lowest BCUT2D eigenvalue weighted by atomic mass is 10.1. The molecule has 0 unspecified atom stereocenters. The standard InChI is InChI=1S/C20H23FN2O7S/c1-13-19(20(25)22-26)23(10-17(11-24)30-13)31(27,28)18-8-6-16(7-9-18)29-12-14-2-4-15(21)5-3-14/h2-9,13,17,19,24,26H,10-12H2,1H3,(H,22,25)/t13-,17+,19+/m0/s1. The van der Waals surface area contributed by atoms with Crippen LogP contribution in [0.1, 0.15) is 12.5 Å². The Bertz CT molecular complexity index is 999. The highest BCUT2D eigenvalue weighted by atomic mass is 32.2. The second-order valence-electron chi connectivity index (χ2n) is 7.03. The molecule has 1 amide bonds. The average molecular weight is 454 g/mol. The van der Waals surface area contributed by atoms with Gasteiger partial charge in [-0.25, -0.2) is 18.3 Å². The van der Waals surface area contributed by atoms with Crippen LogP contribution in [-0.2, 0) is 26.2 Å². The Labute approximate surface area is 179 Å². The van der Waals surface area contributed by atoms with Crippen LogP contribution in [0.3, 0.4) is 0 Å². The molecule has 168 valence electrons. The molecule has 0 spiro atoms. The fourth-order valence-corrected chi connectivity index (χ4v) is 5.00. The van der Waals surface area contributed by atoms with Crippen molar-refractivity contribution in [3.05, 3.63) is 59.9 Å². The normalized spacial score (nSPS) is 22.1. The van der Waals surface area contributed by atoms with Crippen LogP contribution in [0.2, 0.25) is 0 Å². The Morgan fingerprint density at radius 3 is 2.45 bits per heavy atom. The number of carbonyl (C=O) groups excluding carboxylic acids is 1. The van der Waals surface area contributed by atoms with Gasteiger partial charge in [0.2, 0.25) is 10.0 Å². The zero-order valence-electron chi connectivity index (χ0n) is 16.6. The Morgan fingerprint density at radius 2 is 1.87 bits per heavy atom. The van der Waals surface area contributed by atoms with E-state index in [-0.39, 0.29) is 23.9 Å². The van der Waals surface area contributed by atoms with Crippen LogP contribution in [0.4, 0.5) is 4.39 Å². The van der Waals surface area contributed by atoms with Crippen molar-refractivity contribution < 1.29 is 37.4 Å². The lowest BCUT2D eigenvalue weighted by Crippen LogP contribution is -2.61. The van der Waals surface area contributed by atoms with Crippen LogP contribution < -0.4 is 10.2 Å². The second-order valence-corrected chi connectivity index (χ2v) is 8.92. The maximum Gasteiger partial charge on any atom is 0.264 e. The topological polar surface area (TPSA) is 125 Å².